The number of carbonyl (C=O) groups excluding carboxylic acids is 1. The fraction of sp³-hybridized carbons (Fsp3) is 0.444. The van der Waals surface area contributed by atoms with E-state index in [0.717, 1.165) is 36.3 Å². The zero-order valence-corrected chi connectivity index (χ0v) is 14.0. The normalized spacial score (nSPS) is 15.5. The van der Waals surface area contributed by atoms with Gasteiger partial charge in [-0.05, 0) is 31.7 Å². The van der Waals surface area contributed by atoms with Crippen molar-refractivity contribution in [1.82, 2.24) is 10.3 Å². The van der Waals surface area contributed by atoms with E-state index < -0.39 is 0 Å². The number of aromatic nitrogens is 1. The number of nitrogens with one attached hydrogen (secondary N) is 1. The van der Waals surface area contributed by atoms with Crippen molar-refractivity contribution in [2.45, 2.75) is 44.9 Å². The Bertz CT molecular complexity index is 659. The van der Waals surface area contributed by atoms with Crippen LogP contribution >= 0.6 is 11.3 Å². The first-order chi connectivity index (χ1) is 10.7. The van der Waals surface area contributed by atoms with Crippen molar-refractivity contribution in [2.24, 2.45) is 0 Å². The lowest BCUT2D eigenvalue weighted by Gasteiger charge is -2.15. The van der Waals surface area contributed by atoms with E-state index in [1.165, 1.54) is 10.6 Å². The molecule has 1 aliphatic carbocycles. The number of aryl methyl sites for hydroxylation is 2. The van der Waals surface area contributed by atoms with E-state index in [1.54, 1.807) is 11.3 Å². The maximum Gasteiger partial charge on any atom is 0.230 e. The van der Waals surface area contributed by atoms with Gasteiger partial charge in [0.05, 0.1) is 16.1 Å². The molecule has 1 aromatic carbocycles. The Morgan fingerprint density at radius 2 is 2.05 bits per heavy atom. The molecular formula is C18H22N2OS. The summed E-state index contributed by atoms with van der Waals surface area (Å²) in [5.41, 5.74) is 2.06. The van der Waals surface area contributed by atoms with Crippen LogP contribution in [0.25, 0.3) is 0 Å². The van der Waals surface area contributed by atoms with Crippen molar-refractivity contribution in [3.8, 4) is 0 Å². The molecule has 1 aliphatic rings. The SMILES string of the molecule is CCc1nc(CCNC(=O)C2(c3ccccc3)CC2)sc1C. The third-order valence-corrected chi connectivity index (χ3v) is 5.48. The van der Waals surface area contributed by atoms with Gasteiger partial charge in [0.2, 0.25) is 5.91 Å². The zero-order valence-electron chi connectivity index (χ0n) is 13.2. The first-order valence-corrected chi connectivity index (χ1v) is 8.76. The van der Waals surface area contributed by atoms with Crippen molar-refractivity contribution in [2.75, 3.05) is 6.54 Å². The molecule has 0 atom stereocenters. The predicted octanol–water partition coefficient (Wildman–Crippen LogP) is 3.40. The summed E-state index contributed by atoms with van der Waals surface area (Å²) in [6.07, 6.45) is 3.71. The highest BCUT2D eigenvalue weighted by molar-refractivity contribution is 7.11. The molecule has 116 valence electrons. The fourth-order valence-electron chi connectivity index (χ4n) is 2.90. The number of carbonyl (C=O) groups is 1. The van der Waals surface area contributed by atoms with Crippen LogP contribution in [-0.4, -0.2) is 17.4 Å². The molecule has 1 fully saturated rings. The van der Waals surface area contributed by atoms with Crippen LogP contribution in [0.4, 0.5) is 0 Å². The minimum absolute atomic E-state index is 0.169. The van der Waals surface area contributed by atoms with Gasteiger partial charge in [-0.3, -0.25) is 4.79 Å². The molecule has 1 aromatic heterocycles. The lowest BCUT2D eigenvalue weighted by molar-refractivity contribution is -0.123. The number of benzene rings is 1. The number of amides is 1. The van der Waals surface area contributed by atoms with Crippen LogP contribution < -0.4 is 5.32 Å². The maximum atomic E-state index is 12.5. The minimum atomic E-state index is -0.269. The maximum absolute atomic E-state index is 12.5. The van der Waals surface area contributed by atoms with Gasteiger partial charge in [-0.1, -0.05) is 37.3 Å². The molecule has 4 heteroatoms. The summed E-state index contributed by atoms with van der Waals surface area (Å²) in [4.78, 5) is 18.4. The van der Waals surface area contributed by atoms with Crippen LogP contribution in [0.3, 0.4) is 0 Å². The van der Waals surface area contributed by atoms with E-state index in [1.807, 2.05) is 18.2 Å². The van der Waals surface area contributed by atoms with Crippen molar-refractivity contribution in [3.63, 3.8) is 0 Å². The van der Waals surface area contributed by atoms with Gasteiger partial charge in [0.1, 0.15) is 0 Å². The molecular weight excluding hydrogens is 292 g/mol. The number of hydrogen-bond acceptors (Lipinski definition) is 3. The summed E-state index contributed by atoms with van der Waals surface area (Å²) in [6, 6.07) is 10.1. The molecule has 3 rings (SSSR count). The second kappa shape index (κ2) is 6.21. The monoisotopic (exact) mass is 314 g/mol. The van der Waals surface area contributed by atoms with Crippen molar-refractivity contribution in [3.05, 3.63) is 51.5 Å². The summed E-state index contributed by atoms with van der Waals surface area (Å²) >= 11 is 1.75. The number of thiazole rings is 1. The molecule has 0 unspecified atom stereocenters. The Hall–Kier alpha value is -1.68. The topological polar surface area (TPSA) is 42.0 Å². The summed E-state index contributed by atoms with van der Waals surface area (Å²) in [6.45, 7) is 4.92. The van der Waals surface area contributed by atoms with Gasteiger partial charge in [-0.2, -0.15) is 0 Å². The number of rotatable bonds is 6. The van der Waals surface area contributed by atoms with Gasteiger partial charge in [0, 0.05) is 17.8 Å². The van der Waals surface area contributed by atoms with Crippen LogP contribution in [0.1, 0.15) is 40.9 Å². The van der Waals surface area contributed by atoms with E-state index in [0.29, 0.717) is 6.54 Å². The number of nitrogens with zero attached hydrogens (tertiary/aromatic N) is 1. The molecule has 1 heterocycles. The Balaban J connectivity index is 1.57. The highest BCUT2D eigenvalue weighted by Gasteiger charge is 2.50. The van der Waals surface area contributed by atoms with E-state index >= 15 is 0 Å². The smallest absolute Gasteiger partial charge is 0.230 e. The van der Waals surface area contributed by atoms with E-state index in [4.69, 9.17) is 0 Å². The second-order valence-corrected chi connectivity index (χ2v) is 7.21. The fourth-order valence-corrected chi connectivity index (χ4v) is 3.93. The molecule has 0 saturated heterocycles. The van der Waals surface area contributed by atoms with Gasteiger partial charge in [-0.25, -0.2) is 4.98 Å². The van der Waals surface area contributed by atoms with Gasteiger partial charge < -0.3 is 5.32 Å². The molecule has 3 nitrogen and oxygen atoms in total. The lowest BCUT2D eigenvalue weighted by atomic mass is 9.95. The van der Waals surface area contributed by atoms with E-state index in [2.05, 4.69) is 36.3 Å². The lowest BCUT2D eigenvalue weighted by Crippen LogP contribution is -2.35. The van der Waals surface area contributed by atoms with E-state index in [9.17, 15) is 4.79 Å². The molecule has 22 heavy (non-hydrogen) atoms. The summed E-state index contributed by atoms with van der Waals surface area (Å²) in [5.74, 6) is 0.169. The molecule has 2 aromatic rings. The third kappa shape index (κ3) is 2.93. The van der Waals surface area contributed by atoms with Gasteiger partial charge >= 0.3 is 0 Å². The minimum Gasteiger partial charge on any atom is -0.355 e. The van der Waals surface area contributed by atoms with Crippen molar-refractivity contribution >= 4 is 17.2 Å². The van der Waals surface area contributed by atoms with Gasteiger partial charge in [-0.15, -0.1) is 11.3 Å². The Labute approximate surface area is 135 Å². The number of hydrogen-bond donors (Lipinski definition) is 1. The van der Waals surface area contributed by atoms with E-state index in [-0.39, 0.29) is 11.3 Å². The first-order valence-electron chi connectivity index (χ1n) is 7.95. The van der Waals surface area contributed by atoms with Crippen molar-refractivity contribution < 1.29 is 4.79 Å². The summed E-state index contributed by atoms with van der Waals surface area (Å²) in [7, 11) is 0. The first kappa shape index (κ1) is 15.2. The van der Waals surface area contributed by atoms with Gasteiger partial charge in [0.25, 0.3) is 0 Å². The Morgan fingerprint density at radius 3 is 2.64 bits per heavy atom. The predicted molar refractivity (Wildman–Crippen MR) is 90.3 cm³/mol. The van der Waals surface area contributed by atoms with Crippen molar-refractivity contribution in [1.29, 1.82) is 0 Å². The molecule has 1 N–H and O–H groups in total. The summed E-state index contributed by atoms with van der Waals surface area (Å²) in [5, 5.41) is 4.23. The van der Waals surface area contributed by atoms with Gasteiger partial charge in [0.15, 0.2) is 0 Å². The highest BCUT2D eigenvalue weighted by atomic mass is 32.1. The van der Waals surface area contributed by atoms with Crippen LogP contribution in [0, 0.1) is 6.92 Å². The highest BCUT2D eigenvalue weighted by Crippen LogP contribution is 2.48. The Morgan fingerprint density at radius 1 is 1.32 bits per heavy atom. The molecule has 1 amide bonds. The largest absolute Gasteiger partial charge is 0.355 e. The quantitative estimate of drug-likeness (QED) is 0.888. The average Bonchev–Trinajstić information content (AvgIpc) is 3.27. The molecule has 0 spiro atoms. The van der Waals surface area contributed by atoms with Crippen LogP contribution in [0.15, 0.2) is 30.3 Å². The Kier molecular flexibility index (Phi) is 4.30. The summed E-state index contributed by atoms with van der Waals surface area (Å²) < 4.78 is 0. The van der Waals surface area contributed by atoms with Crippen LogP contribution in [0.5, 0.6) is 0 Å². The molecule has 0 aliphatic heterocycles. The molecule has 1 saturated carbocycles. The standard InChI is InChI=1S/C18H22N2OS/c1-3-15-13(2)22-16(20-15)9-12-19-17(21)18(10-11-18)14-7-5-4-6-8-14/h4-8H,3,9-12H2,1-2H3,(H,19,21). The third-order valence-electron chi connectivity index (χ3n) is 4.41. The zero-order chi connectivity index (χ0) is 15.6. The molecule has 0 bridgehead atoms. The molecule has 0 radical (unpaired) electrons. The van der Waals surface area contributed by atoms with Crippen LogP contribution in [0.2, 0.25) is 0 Å². The average molecular weight is 314 g/mol. The second-order valence-electron chi connectivity index (χ2n) is 5.92. The van der Waals surface area contributed by atoms with Crippen LogP contribution in [-0.2, 0) is 23.1 Å².